The molecule has 0 saturated carbocycles. The van der Waals surface area contributed by atoms with Crippen molar-refractivity contribution in [2.24, 2.45) is 0 Å². The first-order valence-corrected chi connectivity index (χ1v) is 10.1. The SMILES string of the molecule is O=c1oc(-c2cc(Br)nn2-c2ncccc2Cl)nc2c(-c3ccccc3)cccc12. The number of benzene rings is 2. The molecule has 0 fully saturated rings. The molecule has 6 nitrogen and oxygen atoms in total. The van der Waals surface area contributed by atoms with E-state index >= 15 is 0 Å². The third-order valence-electron chi connectivity index (χ3n) is 4.58. The molecule has 146 valence electrons. The lowest BCUT2D eigenvalue weighted by Gasteiger charge is -2.09. The van der Waals surface area contributed by atoms with E-state index in [1.165, 1.54) is 4.68 Å². The second-order valence-electron chi connectivity index (χ2n) is 6.45. The number of nitrogens with zero attached hydrogens (tertiary/aromatic N) is 4. The van der Waals surface area contributed by atoms with Crippen LogP contribution in [0.25, 0.3) is 39.4 Å². The van der Waals surface area contributed by atoms with E-state index in [-0.39, 0.29) is 5.89 Å². The second-order valence-corrected chi connectivity index (χ2v) is 7.67. The Kier molecular flexibility index (Phi) is 4.69. The zero-order chi connectivity index (χ0) is 20.7. The monoisotopic (exact) mass is 478 g/mol. The molecule has 0 radical (unpaired) electrons. The predicted octanol–water partition coefficient (Wildman–Crippen LogP) is 5.52. The number of pyridine rings is 1. The van der Waals surface area contributed by atoms with Gasteiger partial charge in [0.15, 0.2) is 5.82 Å². The Labute approximate surface area is 183 Å². The van der Waals surface area contributed by atoms with Crippen molar-refractivity contribution in [2.45, 2.75) is 0 Å². The van der Waals surface area contributed by atoms with Gasteiger partial charge in [-0.2, -0.15) is 5.10 Å². The van der Waals surface area contributed by atoms with Crippen molar-refractivity contribution in [1.82, 2.24) is 19.7 Å². The lowest BCUT2D eigenvalue weighted by atomic mass is 10.0. The summed E-state index contributed by atoms with van der Waals surface area (Å²) < 4.78 is 7.59. The smallest absolute Gasteiger partial charge is 0.347 e. The van der Waals surface area contributed by atoms with Crippen molar-refractivity contribution in [3.05, 3.63) is 93.0 Å². The number of rotatable bonds is 3. The van der Waals surface area contributed by atoms with Crippen molar-refractivity contribution in [3.8, 4) is 28.5 Å². The van der Waals surface area contributed by atoms with Crippen molar-refractivity contribution in [1.29, 1.82) is 0 Å². The molecule has 0 atom stereocenters. The summed E-state index contributed by atoms with van der Waals surface area (Å²) in [4.78, 5) is 21.8. The number of halogens is 2. The highest BCUT2D eigenvalue weighted by Gasteiger charge is 2.19. The molecule has 3 aromatic heterocycles. The lowest BCUT2D eigenvalue weighted by molar-refractivity contribution is 0.513. The van der Waals surface area contributed by atoms with Gasteiger partial charge in [0.1, 0.15) is 10.3 Å². The summed E-state index contributed by atoms with van der Waals surface area (Å²) in [7, 11) is 0. The third kappa shape index (κ3) is 3.22. The molecule has 8 heteroatoms. The summed E-state index contributed by atoms with van der Waals surface area (Å²) >= 11 is 9.68. The minimum absolute atomic E-state index is 0.121. The van der Waals surface area contributed by atoms with Gasteiger partial charge in [0.2, 0.25) is 5.89 Å². The molecule has 30 heavy (non-hydrogen) atoms. The number of hydrogen-bond donors (Lipinski definition) is 0. The fraction of sp³-hybridized carbons (Fsp3) is 0. The van der Waals surface area contributed by atoms with E-state index in [9.17, 15) is 4.79 Å². The van der Waals surface area contributed by atoms with Gasteiger partial charge in [-0.1, -0.05) is 54.1 Å². The maximum absolute atomic E-state index is 12.8. The molecule has 0 bridgehead atoms. The van der Waals surface area contributed by atoms with Crippen LogP contribution in [-0.4, -0.2) is 19.7 Å². The van der Waals surface area contributed by atoms with Crippen LogP contribution >= 0.6 is 27.5 Å². The van der Waals surface area contributed by atoms with E-state index in [0.29, 0.717) is 32.0 Å². The third-order valence-corrected chi connectivity index (χ3v) is 5.26. The largest absolute Gasteiger partial charge is 0.401 e. The van der Waals surface area contributed by atoms with Crippen molar-refractivity contribution < 1.29 is 4.42 Å². The van der Waals surface area contributed by atoms with Crippen LogP contribution in [0.2, 0.25) is 5.02 Å². The number of fused-ring (bicyclic) bond motifs is 1. The van der Waals surface area contributed by atoms with Gasteiger partial charge in [-0.05, 0) is 39.7 Å². The molecule has 0 saturated heterocycles. The van der Waals surface area contributed by atoms with Crippen LogP contribution in [-0.2, 0) is 0 Å². The van der Waals surface area contributed by atoms with E-state index in [2.05, 4.69) is 26.0 Å². The highest BCUT2D eigenvalue weighted by molar-refractivity contribution is 9.10. The van der Waals surface area contributed by atoms with Crippen LogP contribution in [0.3, 0.4) is 0 Å². The summed E-state index contributed by atoms with van der Waals surface area (Å²) in [5, 5.41) is 5.20. The minimum atomic E-state index is -0.483. The van der Waals surface area contributed by atoms with E-state index in [1.54, 1.807) is 30.5 Å². The van der Waals surface area contributed by atoms with Crippen LogP contribution in [0.1, 0.15) is 0 Å². The van der Waals surface area contributed by atoms with Crippen LogP contribution in [0, 0.1) is 0 Å². The predicted molar refractivity (Wildman–Crippen MR) is 119 cm³/mol. The summed E-state index contributed by atoms with van der Waals surface area (Å²) in [5.41, 5.74) is 2.30. The number of hydrogen-bond acceptors (Lipinski definition) is 5. The average Bonchev–Trinajstić information content (AvgIpc) is 3.16. The molecular formula is C22H12BrClN4O2. The number of aromatic nitrogens is 4. The molecule has 0 N–H and O–H groups in total. The fourth-order valence-electron chi connectivity index (χ4n) is 3.26. The molecule has 2 aromatic carbocycles. The van der Waals surface area contributed by atoms with Gasteiger partial charge in [0.05, 0.1) is 15.9 Å². The lowest BCUT2D eigenvalue weighted by Crippen LogP contribution is -2.07. The molecule has 0 aliphatic heterocycles. The zero-order valence-corrected chi connectivity index (χ0v) is 17.6. The topological polar surface area (TPSA) is 73.8 Å². The van der Waals surface area contributed by atoms with Gasteiger partial charge in [-0.3, -0.25) is 0 Å². The first-order chi connectivity index (χ1) is 14.6. The Balaban J connectivity index is 1.78. The van der Waals surface area contributed by atoms with E-state index in [0.717, 1.165) is 11.1 Å². The summed E-state index contributed by atoms with van der Waals surface area (Å²) in [6, 6.07) is 20.3. The molecule has 0 amide bonds. The normalized spacial score (nSPS) is 11.1. The minimum Gasteiger partial charge on any atom is -0.401 e. The van der Waals surface area contributed by atoms with Crippen LogP contribution in [0.15, 0.2) is 86.7 Å². The molecule has 0 aliphatic carbocycles. The van der Waals surface area contributed by atoms with E-state index in [4.69, 9.17) is 21.0 Å². The Morgan fingerprint density at radius 2 is 1.83 bits per heavy atom. The van der Waals surface area contributed by atoms with Crippen molar-refractivity contribution in [2.75, 3.05) is 0 Å². The Bertz CT molecular complexity index is 1450. The molecule has 3 heterocycles. The quantitative estimate of drug-likeness (QED) is 0.341. The van der Waals surface area contributed by atoms with Gasteiger partial charge in [-0.25, -0.2) is 19.4 Å². The first-order valence-electron chi connectivity index (χ1n) is 8.98. The number of para-hydroxylation sites is 1. The van der Waals surface area contributed by atoms with Gasteiger partial charge in [-0.15, -0.1) is 0 Å². The van der Waals surface area contributed by atoms with Gasteiger partial charge >= 0.3 is 5.63 Å². The molecule has 0 unspecified atom stereocenters. The summed E-state index contributed by atoms with van der Waals surface area (Å²) in [6.45, 7) is 0. The first kappa shape index (κ1) is 18.7. The molecule has 5 aromatic rings. The van der Waals surface area contributed by atoms with E-state index in [1.807, 2.05) is 42.5 Å². The second kappa shape index (κ2) is 7.51. The van der Waals surface area contributed by atoms with Crippen LogP contribution in [0.5, 0.6) is 0 Å². The average molecular weight is 480 g/mol. The van der Waals surface area contributed by atoms with Gasteiger partial charge in [0, 0.05) is 17.8 Å². The zero-order valence-electron chi connectivity index (χ0n) is 15.3. The Hall–Kier alpha value is -3.29. The van der Waals surface area contributed by atoms with E-state index < -0.39 is 5.63 Å². The van der Waals surface area contributed by atoms with Crippen LogP contribution in [0.4, 0.5) is 0 Å². The molecular weight excluding hydrogens is 468 g/mol. The molecule has 5 rings (SSSR count). The standard InChI is InChI=1S/C22H12BrClN4O2/c23-18-12-17(28(27-18)20-16(24)10-5-11-25-20)21-26-19-14(13-6-2-1-3-7-13)8-4-9-15(19)22(29)30-21/h1-12H. The van der Waals surface area contributed by atoms with Crippen molar-refractivity contribution >= 4 is 38.4 Å². The summed E-state index contributed by atoms with van der Waals surface area (Å²) in [6.07, 6.45) is 1.61. The Morgan fingerprint density at radius 3 is 2.63 bits per heavy atom. The highest BCUT2D eigenvalue weighted by atomic mass is 79.9. The van der Waals surface area contributed by atoms with Gasteiger partial charge < -0.3 is 4.42 Å². The maximum atomic E-state index is 12.8. The highest BCUT2D eigenvalue weighted by Crippen LogP contribution is 2.30. The van der Waals surface area contributed by atoms with Gasteiger partial charge in [0.25, 0.3) is 0 Å². The molecule has 0 aliphatic rings. The maximum Gasteiger partial charge on any atom is 0.347 e. The summed E-state index contributed by atoms with van der Waals surface area (Å²) in [5.74, 6) is 0.525. The molecule has 0 spiro atoms. The fourth-order valence-corrected chi connectivity index (χ4v) is 3.83. The van der Waals surface area contributed by atoms with Crippen molar-refractivity contribution in [3.63, 3.8) is 0 Å². The Morgan fingerprint density at radius 1 is 1.00 bits per heavy atom. The van der Waals surface area contributed by atoms with Crippen LogP contribution < -0.4 is 5.63 Å².